The van der Waals surface area contributed by atoms with Crippen molar-refractivity contribution in [3.05, 3.63) is 29.6 Å². The van der Waals surface area contributed by atoms with Crippen LogP contribution in [0.1, 0.15) is 18.9 Å². The van der Waals surface area contributed by atoms with E-state index in [4.69, 9.17) is 16.2 Å². The third-order valence-electron chi connectivity index (χ3n) is 4.46. The van der Waals surface area contributed by atoms with E-state index in [1.165, 1.54) is 18.2 Å². The van der Waals surface area contributed by atoms with Crippen LogP contribution in [-0.4, -0.2) is 38.0 Å². The third kappa shape index (κ3) is 2.01. The molecule has 2 aliphatic heterocycles. The van der Waals surface area contributed by atoms with Crippen LogP contribution in [0, 0.1) is 5.82 Å². The minimum absolute atomic E-state index is 0.000156. The molecule has 2 aliphatic rings. The van der Waals surface area contributed by atoms with E-state index in [0.29, 0.717) is 12.3 Å². The number of nitrogens with zero attached hydrogens (tertiary/aromatic N) is 1. The quantitative estimate of drug-likeness (QED) is 0.733. The Morgan fingerprint density at radius 1 is 1.36 bits per heavy atom. The third-order valence-corrected chi connectivity index (χ3v) is 7.12. The fourth-order valence-corrected chi connectivity index (χ4v) is 5.41. The number of hydrogen-bond donors (Lipinski definition) is 2. The lowest BCUT2D eigenvalue weighted by atomic mass is 9.92. The summed E-state index contributed by atoms with van der Waals surface area (Å²) < 4.78 is 43.7. The topological polar surface area (TPSA) is 108 Å². The van der Waals surface area contributed by atoms with Crippen LogP contribution < -0.4 is 11.5 Å². The van der Waals surface area contributed by atoms with Gasteiger partial charge in [0.25, 0.3) is 0 Å². The largest absolute Gasteiger partial charge is 0.399 e. The van der Waals surface area contributed by atoms with E-state index in [0.717, 1.165) is 0 Å². The summed E-state index contributed by atoms with van der Waals surface area (Å²) in [7, 11) is -3.65. The predicted octanol–water partition coefficient (Wildman–Crippen LogP) is 0.568. The first kappa shape index (κ1) is 15.2. The van der Waals surface area contributed by atoms with E-state index in [-0.39, 0.29) is 30.2 Å². The average Bonchev–Trinajstić information content (AvgIpc) is 2.90. The van der Waals surface area contributed by atoms with Gasteiger partial charge >= 0.3 is 0 Å². The second-order valence-corrected chi connectivity index (χ2v) is 8.37. The van der Waals surface area contributed by atoms with Crippen LogP contribution in [0.2, 0.25) is 0 Å². The molecule has 4 N–H and O–H groups in total. The van der Waals surface area contributed by atoms with E-state index in [2.05, 4.69) is 4.99 Å². The van der Waals surface area contributed by atoms with Gasteiger partial charge in [0, 0.05) is 17.9 Å². The molecule has 22 heavy (non-hydrogen) atoms. The molecule has 6 nitrogen and oxygen atoms in total. The average molecular weight is 327 g/mol. The Hall–Kier alpha value is -1.67. The second-order valence-electron chi connectivity index (χ2n) is 6.07. The fraction of sp³-hybridized carbons (Fsp3) is 0.500. The zero-order valence-electron chi connectivity index (χ0n) is 12.2. The van der Waals surface area contributed by atoms with Crippen LogP contribution in [0.3, 0.4) is 0 Å². The van der Waals surface area contributed by atoms with Crippen LogP contribution in [0.25, 0.3) is 0 Å². The lowest BCUT2D eigenvalue weighted by molar-refractivity contribution is 0.194. The van der Waals surface area contributed by atoms with Crippen LogP contribution in [0.5, 0.6) is 0 Å². The Kier molecular flexibility index (Phi) is 3.23. The summed E-state index contributed by atoms with van der Waals surface area (Å²) in [4.78, 5) is 4.36. The van der Waals surface area contributed by atoms with Gasteiger partial charge in [-0.15, -0.1) is 0 Å². The highest BCUT2D eigenvalue weighted by Crippen LogP contribution is 2.41. The molecule has 0 aliphatic carbocycles. The van der Waals surface area contributed by atoms with Crippen LogP contribution in [0.15, 0.2) is 23.2 Å². The number of aliphatic imine (C=N–C) groups is 1. The van der Waals surface area contributed by atoms with Crippen molar-refractivity contribution in [1.29, 1.82) is 0 Å². The Bertz CT molecular complexity index is 757. The first-order valence-corrected chi connectivity index (χ1v) is 8.57. The summed E-state index contributed by atoms with van der Waals surface area (Å²) in [5.41, 5.74) is 10.9. The summed E-state index contributed by atoms with van der Waals surface area (Å²) in [5.74, 6) is -0.896. The van der Waals surface area contributed by atoms with Gasteiger partial charge < -0.3 is 16.2 Å². The van der Waals surface area contributed by atoms with E-state index in [1.807, 2.05) is 0 Å². The molecule has 1 fully saturated rings. The normalized spacial score (nSPS) is 33.8. The number of rotatable bonds is 1. The second kappa shape index (κ2) is 4.66. The van der Waals surface area contributed by atoms with Crippen LogP contribution in [0.4, 0.5) is 10.1 Å². The number of hydrogen-bond acceptors (Lipinski definition) is 6. The molecule has 2 unspecified atom stereocenters. The van der Waals surface area contributed by atoms with Gasteiger partial charge in [-0.1, -0.05) is 0 Å². The summed E-state index contributed by atoms with van der Waals surface area (Å²) in [5, 5.41) is 0. The maximum atomic E-state index is 14.2. The molecular formula is C14H18FN3O3S. The van der Waals surface area contributed by atoms with Crippen molar-refractivity contribution in [1.82, 2.24) is 0 Å². The molecular weight excluding hydrogens is 309 g/mol. The summed E-state index contributed by atoms with van der Waals surface area (Å²) >= 11 is 0. The Morgan fingerprint density at radius 2 is 2.09 bits per heavy atom. The molecule has 1 saturated heterocycles. The molecule has 1 spiro atoms. The van der Waals surface area contributed by atoms with Crippen molar-refractivity contribution in [3.8, 4) is 0 Å². The molecule has 3 rings (SSSR count). The van der Waals surface area contributed by atoms with E-state index < -0.39 is 25.9 Å². The monoisotopic (exact) mass is 327 g/mol. The number of benzene rings is 1. The molecule has 2 heterocycles. The highest BCUT2D eigenvalue weighted by molar-refractivity contribution is 7.93. The number of nitrogen functional groups attached to an aromatic ring is 1. The van der Waals surface area contributed by atoms with Crippen molar-refractivity contribution in [2.45, 2.75) is 23.6 Å². The molecule has 0 aromatic heterocycles. The molecule has 2 atom stereocenters. The standard InChI is InChI=1S/C14H18FN3O3S/c1-13(10-6-9(16)2-3-11(10)15)8-22(19,20)14(12(17)18-13)4-5-21-7-14/h2-3,6H,4-5,7-8,16H2,1H3,(H2,17,18). The molecule has 1 aromatic rings. The summed E-state index contributed by atoms with van der Waals surface area (Å²) in [6.07, 6.45) is 0.278. The highest BCUT2D eigenvalue weighted by Gasteiger charge is 2.56. The van der Waals surface area contributed by atoms with Gasteiger partial charge in [-0.3, -0.25) is 4.99 Å². The number of halogens is 1. The molecule has 120 valence electrons. The number of ether oxygens (including phenoxy) is 1. The van der Waals surface area contributed by atoms with Gasteiger partial charge in [0.2, 0.25) is 0 Å². The maximum absolute atomic E-state index is 14.2. The lowest BCUT2D eigenvalue weighted by Crippen LogP contribution is -2.58. The molecule has 0 amide bonds. The SMILES string of the molecule is CC1(c2cc(N)ccc2F)CS(=O)(=O)C2(CCOC2)C(N)=N1. The van der Waals surface area contributed by atoms with Gasteiger partial charge in [0.15, 0.2) is 14.6 Å². The van der Waals surface area contributed by atoms with Crippen molar-refractivity contribution in [2.75, 3.05) is 24.7 Å². The van der Waals surface area contributed by atoms with Crippen LogP contribution in [-0.2, 0) is 20.1 Å². The Labute approximate surface area is 128 Å². The minimum atomic E-state index is -3.65. The van der Waals surface area contributed by atoms with Gasteiger partial charge in [-0.2, -0.15) is 0 Å². The molecule has 1 aromatic carbocycles. The number of anilines is 1. The first-order valence-electron chi connectivity index (χ1n) is 6.92. The molecule has 0 bridgehead atoms. The lowest BCUT2D eigenvalue weighted by Gasteiger charge is -2.38. The summed E-state index contributed by atoms with van der Waals surface area (Å²) in [6, 6.07) is 4.03. The van der Waals surface area contributed by atoms with Gasteiger partial charge in [0.05, 0.1) is 12.4 Å². The molecule has 0 radical (unpaired) electrons. The van der Waals surface area contributed by atoms with E-state index >= 15 is 0 Å². The highest BCUT2D eigenvalue weighted by atomic mass is 32.2. The first-order chi connectivity index (χ1) is 10.2. The van der Waals surface area contributed by atoms with Crippen LogP contribution >= 0.6 is 0 Å². The zero-order chi connectivity index (χ0) is 16.2. The number of sulfone groups is 1. The maximum Gasteiger partial charge on any atom is 0.168 e. The van der Waals surface area contributed by atoms with Crippen molar-refractivity contribution < 1.29 is 17.5 Å². The molecule has 0 saturated carbocycles. The predicted molar refractivity (Wildman–Crippen MR) is 81.7 cm³/mol. The van der Waals surface area contributed by atoms with Gasteiger partial charge in [-0.25, -0.2) is 12.8 Å². The Morgan fingerprint density at radius 3 is 2.68 bits per heavy atom. The van der Waals surface area contributed by atoms with Crippen molar-refractivity contribution >= 4 is 21.4 Å². The minimum Gasteiger partial charge on any atom is -0.399 e. The number of nitrogens with two attached hydrogens (primary N) is 2. The fourth-order valence-electron chi connectivity index (χ4n) is 3.15. The molecule has 8 heteroatoms. The van der Waals surface area contributed by atoms with Crippen molar-refractivity contribution in [3.63, 3.8) is 0 Å². The summed E-state index contributed by atoms with van der Waals surface area (Å²) in [6.45, 7) is 1.87. The zero-order valence-corrected chi connectivity index (χ0v) is 13.0. The van der Waals surface area contributed by atoms with E-state index in [9.17, 15) is 12.8 Å². The Balaban J connectivity index is 2.18. The smallest absolute Gasteiger partial charge is 0.168 e. The van der Waals surface area contributed by atoms with Crippen molar-refractivity contribution in [2.24, 2.45) is 10.7 Å². The van der Waals surface area contributed by atoms with Gasteiger partial charge in [0.1, 0.15) is 17.2 Å². The van der Waals surface area contributed by atoms with Gasteiger partial charge in [-0.05, 0) is 31.5 Å². The van der Waals surface area contributed by atoms with E-state index in [1.54, 1.807) is 6.92 Å². The number of amidine groups is 1.